The van der Waals surface area contributed by atoms with Gasteiger partial charge < -0.3 is 29.7 Å². The normalized spacial score (nSPS) is 22.8. The molecule has 1 aromatic rings. The van der Waals surface area contributed by atoms with E-state index in [1.165, 1.54) is 0 Å². The van der Waals surface area contributed by atoms with Gasteiger partial charge in [0.1, 0.15) is 12.0 Å². The Bertz CT molecular complexity index is 1000. The molecule has 0 aliphatic carbocycles. The summed E-state index contributed by atoms with van der Waals surface area (Å²) in [5, 5.41) is 32.2. The summed E-state index contributed by atoms with van der Waals surface area (Å²) in [6.07, 6.45) is 1.85. The zero-order valence-electron chi connectivity index (χ0n) is 24.3. The third-order valence-corrected chi connectivity index (χ3v) is 8.07. The van der Waals surface area contributed by atoms with E-state index in [0.717, 1.165) is 31.5 Å². The van der Waals surface area contributed by atoms with Gasteiger partial charge in [-0.15, -0.1) is 0 Å². The topological polar surface area (TPSA) is 135 Å². The summed E-state index contributed by atoms with van der Waals surface area (Å²) in [6.45, 7) is 11.3. The van der Waals surface area contributed by atoms with Gasteiger partial charge in [0.2, 0.25) is 5.91 Å². The molecule has 2 unspecified atom stereocenters. The van der Waals surface area contributed by atoms with Gasteiger partial charge in [0, 0.05) is 25.2 Å². The van der Waals surface area contributed by atoms with Crippen LogP contribution < -0.4 is 5.32 Å². The summed E-state index contributed by atoms with van der Waals surface area (Å²) in [5.41, 5.74) is 0.651. The first kappa shape index (κ1) is 31.9. The van der Waals surface area contributed by atoms with E-state index in [-0.39, 0.29) is 36.4 Å². The minimum Gasteiger partial charge on any atom is -0.444 e. The van der Waals surface area contributed by atoms with Crippen molar-refractivity contribution in [2.75, 3.05) is 32.8 Å². The molecule has 2 saturated heterocycles. The SMILES string of the molecule is CC(CC(C)(C)N1CCO[C@@H](C)C1)C(C#N)C(=O)N1CCCC[C@@H](OC(=O)N[C@@H](Cc2ccccc2)B(O)O)C1. The van der Waals surface area contributed by atoms with Crippen LogP contribution in [-0.2, 0) is 20.7 Å². The fourth-order valence-corrected chi connectivity index (χ4v) is 5.86. The third-order valence-electron chi connectivity index (χ3n) is 8.07. The summed E-state index contributed by atoms with van der Waals surface area (Å²) in [5.74, 6) is -2.14. The Kier molecular flexibility index (Phi) is 11.8. The molecule has 1 aromatic carbocycles. The maximum atomic E-state index is 13.6. The molecule has 11 heteroatoms. The van der Waals surface area contributed by atoms with Crippen molar-refractivity contribution in [1.29, 1.82) is 5.26 Å². The number of hydrogen-bond donors (Lipinski definition) is 3. The minimum atomic E-state index is -1.76. The second-order valence-corrected chi connectivity index (χ2v) is 11.9. The number of ether oxygens (including phenoxy) is 2. The number of hydrogen-bond acceptors (Lipinski definition) is 8. The largest absolute Gasteiger partial charge is 0.475 e. The molecule has 3 N–H and O–H groups in total. The lowest BCUT2D eigenvalue weighted by atomic mass is 9.76. The number of carbonyl (C=O) groups excluding carboxylic acids is 2. The number of alkyl carbamates (subject to hydrolysis) is 1. The van der Waals surface area contributed by atoms with Crippen molar-refractivity contribution < 1.29 is 29.1 Å². The Morgan fingerprint density at radius 2 is 1.95 bits per heavy atom. The van der Waals surface area contributed by atoms with Crippen LogP contribution in [0.4, 0.5) is 4.79 Å². The lowest BCUT2D eigenvalue weighted by Crippen LogP contribution is -2.53. The first-order valence-corrected chi connectivity index (χ1v) is 14.4. The van der Waals surface area contributed by atoms with E-state index in [1.54, 1.807) is 4.90 Å². The fraction of sp³-hybridized carbons (Fsp3) is 0.690. The molecule has 2 amide bonds. The van der Waals surface area contributed by atoms with Crippen molar-refractivity contribution in [3.63, 3.8) is 0 Å². The first-order chi connectivity index (χ1) is 19.0. The van der Waals surface area contributed by atoms with Crippen LogP contribution in [0, 0.1) is 23.2 Å². The van der Waals surface area contributed by atoms with Crippen molar-refractivity contribution in [2.24, 2.45) is 11.8 Å². The number of morpholine rings is 1. The Balaban J connectivity index is 1.59. The summed E-state index contributed by atoms with van der Waals surface area (Å²) >= 11 is 0. The fourth-order valence-electron chi connectivity index (χ4n) is 5.86. The van der Waals surface area contributed by atoms with E-state index in [1.807, 2.05) is 37.3 Å². The van der Waals surface area contributed by atoms with Crippen molar-refractivity contribution in [1.82, 2.24) is 15.1 Å². The summed E-state index contributed by atoms with van der Waals surface area (Å²) in [6, 6.07) is 11.5. The van der Waals surface area contributed by atoms with Crippen LogP contribution in [0.3, 0.4) is 0 Å². The molecule has 0 bridgehead atoms. The second kappa shape index (κ2) is 14.8. The average Bonchev–Trinajstić information content (AvgIpc) is 3.14. The highest BCUT2D eigenvalue weighted by Gasteiger charge is 2.38. The molecule has 0 aromatic heterocycles. The lowest BCUT2D eigenvalue weighted by Gasteiger charge is -2.44. The van der Waals surface area contributed by atoms with Gasteiger partial charge in [-0.1, -0.05) is 37.3 Å². The minimum absolute atomic E-state index is 0.150. The van der Waals surface area contributed by atoms with Gasteiger partial charge in [-0.3, -0.25) is 9.69 Å². The van der Waals surface area contributed by atoms with E-state index in [4.69, 9.17) is 9.47 Å². The molecule has 2 heterocycles. The van der Waals surface area contributed by atoms with Gasteiger partial charge in [-0.05, 0) is 64.4 Å². The predicted molar refractivity (Wildman–Crippen MR) is 152 cm³/mol. The number of nitrogens with zero attached hydrogens (tertiary/aromatic N) is 3. The van der Waals surface area contributed by atoms with E-state index in [2.05, 4.69) is 37.1 Å². The number of rotatable bonds is 10. The average molecular weight is 557 g/mol. The number of benzene rings is 1. The molecular formula is C29H45BN4O6. The van der Waals surface area contributed by atoms with Gasteiger partial charge in [0.25, 0.3) is 0 Å². The van der Waals surface area contributed by atoms with Crippen molar-refractivity contribution >= 4 is 19.1 Å². The molecule has 3 rings (SSSR count). The number of nitriles is 1. The van der Waals surface area contributed by atoms with Crippen LogP contribution in [0.5, 0.6) is 0 Å². The molecule has 2 aliphatic heterocycles. The molecule has 220 valence electrons. The van der Waals surface area contributed by atoms with E-state index in [0.29, 0.717) is 26.0 Å². The zero-order chi connectivity index (χ0) is 29.3. The van der Waals surface area contributed by atoms with Gasteiger partial charge in [-0.25, -0.2) is 4.79 Å². The second-order valence-electron chi connectivity index (χ2n) is 11.9. The van der Waals surface area contributed by atoms with E-state index < -0.39 is 31.2 Å². The summed E-state index contributed by atoms with van der Waals surface area (Å²) in [4.78, 5) is 30.3. The number of carbonyl (C=O) groups is 2. The Morgan fingerprint density at radius 1 is 1.23 bits per heavy atom. The molecule has 0 saturated carbocycles. The maximum Gasteiger partial charge on any atom is 0.475 e. The van der Waals surface area contributed by atoms with Crippen molar-refractivity contribution in [3.8, 4) is 6.07 Å². The maximum absolute atomic E-state index is 13.6. The Labute approximate surface area is 238 Å². The highest BCUT2D eigenvalue weighted by molar-refractivity contribution is 6.43. The van der Waals surface area contributed by atoms with Gasteiger partial charge in [0.15, 0.2) is 0 Å². The third kappa shape index (κ3) is 9.20. The standard InChI is InChI=1S/C29H45BN4O6/c1-21(17-29(3,4)34-14-15-39-22(2)19-34)25(18-31)27(35)33-13-9-8-12-24(20-33)40-28(36)32-26(30(37)38)16-23-10-6-5-7-11-23/h5-7,10-11,21-22,24-26,37-38H,8-9,12-17,19-20H2,1-4H3,(H,32,36)/t21?,22-,24+,25?,26-/m0/s1. The molecule has 10 nitrogen and oxygen atoms in total. The van der Waals surface area contributed by atoms with Crippen LogP contribution in [0.25, 0.3) is 0 Å². The van der Waals surface area contributed by atoms with Gasteiger partial charge in [0.05, 0.1) is 31.3 Å². The number of amides is 2. The van der Waals surface area contributed by atoms with Crippen LogP contribution >= 0.6 is 0 Å². The first-order valence-electron chi connectivity index (χ1n) is 14.4. The van der Waals surface area contributed by atoms with Crippen LogP contribution in [0.2, 0.25) is 0 Å². The molecule has 2 fully saturated rings. The van der Waals surface area contributed by atoms with E-state index in [9.17, 15) is 24.9 Å². The quantitative estimate of drug-likeness (QED) is 0.374. The van der Waals surface area contributed by atoms with Crippen LogP contribution in [-0.4, -0.2) is 95.4 Å². The molecule has 5 atom stereocenters. The predicted octanol–water partition coefficient (Wildman–Crippen LogP) is 2.38. The Morgan fingerprint density at radius 3 is 2.60 bits per heavy atom. The van der Waals surface area contributed by atoms with Gasteiger partial charge in [-0.2, -0.15) is 5.26 Å². The number of likely N-dealkylation sites (tertiary alicyclic amines) is 1. The molecule has 0 radical (unpaired) electrons. The molecule has 40 heavy (non-hydrogen) atoms. The highest BCUT2D eigenvalue weighted by atomic mass is 16.6. The van der Waals surface area contributed by atoms with Crippen molar-refractivity contribution in [3.05, 3.63) is 35.9 Å². The summed E-state index contributed by atoms with van der Waals surface area (Å²) in [7, 11) is -1.76. The number of nitrogens with one attached hydrogen (secondary N) is 1. The highest BCUT2D eigenvalue weighted by Crippen LogP contribution is 2.30. The Hall–Kier alpha value is -2.65. The molecule has 2 aliphatic rings. The lowest BCUT2D eigenvalue weighted by molar-refractivity contribution is -0.136. The molecule has 0 spiro atoms. The zero-order valence-corrected chi connectivity index (χ0v) is 24.3. The summed E-state index contributed by atoms with van der Waals surface area (Å²) < 4.78 is 11.3. The van der Waals surface area contributed by atoms with E-state index >= 15 is 0 Å². The van der Waals surface area contributed by atoms with Crippen molar-refractivity contribution in [2.45, 2.75) is 83.5 Å². The molecular weight excluding hydrogens is 511 g/mol. The smallest absolute Gasteiger partial charge is 0.444 e. The van der Waals surface area contributed by atoms with Crippen LogP contribution in [0.15, 0.2) is 30.3 Å². The van der Waals surface area contributed by atoms with Gasteiger partial charge >= 0.3 is 13.2 Å². The monoisotopic (exact) mass is 556 g/mol. The van der Waals surface area contributed by atoms with Crippen LogP contribution in [0.1, 0.15) is 58.9 Å².